The van der Waals surface area contributed by atoms with Crippen molar-refractivity contribution in [2.24, 2.45) is 0 Å². The molecule has 0 radical (unpaired) electrons. The molecule has 1 aromatic carbocycles. The fourth-order valence-electron chi connectivity index (χ4n) is 0.959. The van der Waals surface area contributed by atoms with Gasteiger partial charge in [0.15, 0.2) is 5.78 Å². The molecule has 0 N–H and O–H groups in total. The highest BCUT2D eigenvalue weighted by Gasteiger charge is 2.15. The molecule has 4 heteroatoms. The molecule has 0 atom stereocenters. The van der Waals surface area contributed by atoms with Crippen LogP contribution in [0.3, 0.4) is 0 Å². The Morgan fingerprint density at radius 2 is 1.92 bits per heavy atom. The Kier molecular flexibility index (Phi) is 3.62. The number of carbonyl (C=O) groups is 1. The van der Waals surface area contributed by atoms with Crippen LogP contribution in [0.4, 0.5) is 4.39 Å². The average molecular weight is 310 g/mol. The predicted molar refractivity (Wildman–Crippen MR) is 56.4 cm³/mol. The molecule has 0 saturated heterocycles. The van der Waals surface area contributed by atoms with E-state index in [1.54, 1.807) is 19.1 Å². The van der Waals surface area contributed by atoms with E-state index in [2.05, 4.69) is 31.9 Å². The summed E-state index contributed by atoms with van der Waals surface area (Å²) < 4.78 is 14.2. The van der Waals surface area contributed by atoms with Crippen LogP contribution in [0.2, 0.25) is 0 Å². The molecular weight excluding hydrogens is 303 g/mol. The molecule has 1 rings (SSSR count). The molecule has 0 fully saturated rings. The first-order chi connectivity index (χ1) is 6.07. The lowest BCUT2D eigenvalue weighted by Crippen LogP contribution is -2.02. The third kappa shape index (κ3) is 2.17. The Labute approximate surface area is 92.6 Å². The van der Waals surface area contributed by atoms with Crippen molar-refractivity contribution in [3.63, 3.8) is 0 Å². The van der Waals surface area contributed by atoms with Crippen LogP contribution < -0.4 is 0 Å². The van der Waals surface area contributed by atoms with Crippen LogP contribution in [0.1, 0.15) is 23.7 Å². The van der Waals surface area contributed by atoms with Gasteiger partial charge in [0, 0.05) is 10.9 Å². The molecule has 0 spiro atoms. The zero-order chi connectivity index (χ0) is 10.0. The van der Waals surface area contributed by atoms with E-state index in [9.17, 15) is 9.18 Å². The first-order valence-corrected chi connectivity index (χ1v) is 5.33. The van der Waals surface area contributed by atoms with Gasteiger partial charge in [0.25, 0.3) is 0 Å². The molecule has 0 aliphatic heterocycles. The van der Waals surface area contributed by atoms with Gasteiger partial charge in [-0.1, -0.05) is 6.92 Å². The number of benzene rings is 1. The van der Waals surface area contributed by atoms with Crippen molar-refractivity contribution in [3.8, 4) is 0 Å². The first-order valence-electron chi connectivity index (χ1n) is 3.74. The van der Waals surface area contributed by atoms with Crippen LogP contribution in [-0.4, -0.2) is 5.78 Å². The number of hydrogen-bond donors (Lipinski definition) is 0. The van der Waals surface area contributed by atoms with Gasteiger partial charge in [-0.3, -0.25) is 4.79 Å². The molecule has 0 aliphatic rings. The monoisotopic (exact) mass is 308 g/mol. The van der Waals surface area contributed by atoms with E-state index < -0.39 is 5.82 Å². The van der Waals surface area contributed by atoms with Crippen LogP contribution in [0, 0.1) is 5.82 Å². The smallest absolute Gasteiger partial charge is 0.166 e. The minimum absolute atomic E-state index is 0.122. The summed E-state index contributed by atoms with van der Waals surface area (Å²) >= 11 is 6.17. The fraction of sp³-hybridized carbons (Fsp3) is 0.222. The van der Waals surface area contributed by atoms with Crippen molar-refractivity contribution in [1.82, 2.24) is 0 Å². The van der Waals surface area contributed by atoms with Gasteiger partial charge in [-0.25, -0.2) is 4.39 Å². The van der Waals surface area contributed by atoms with Crippen LogP contribution in [-0.2, 0) is 0 Å². The number of Topliss-reactive ketones (excluding diaryl/α,β-unsaturated/α-hetero) is 1. The van der Waals surface area contributed by atoms with Crippen LogP contribution in [0.15, 0.2) is 21.1 Å². The Bertz CT molecular complexity index is 350. The van der Waals surface area contributed by atoms with Crippen molar-refractivity contribution in [1.29, 1.82) is 0 Å². The van der Waals surface area contributed by atoms with Gasteiger partial charge in [0.1, 0.15) is 5.82 Å². The third-order valence-electron chi connectivity index (χ3n) is 1.64. The highest BCUT2D eigenvalue weighted by Crippen LogP contribution is 2.27. The SMILES string of the molecule is CCC(=O)c1c(Br)ccc(Br)c1F. The predicted octanol–water partition coefficient (Wildman–Crippen LogP) is 3.94. The summed E-state index contributed by atoms with van der Waals surface area (Å²) in [5, 5.41) is 0. The molecule has 1 aromatic rings. The summed E-state index contributed by atoms with van der Waals surface area (Å²) in [5.41, 5.74) is 0.122. The summed E-state index contributed by atoms with van der Waals surface area (Å²) in [6, 6.07) is 3.21. The average Bonchev–Trinajstić information content (AvgIpc) is 2.12. The van der Waals surface area contributed by atoms with Crippen molar-refractivity contribution in [3.05, 3.63) is 32.5 Å². The molecule has 1 nitrogen and oxygen atoms in total. The summed E-state index contributed by atoms with van der Waals surface area (Å²) in [4.78, 5) is 11.3. The van der Waals surface area contributed by atoms with Crippen LogP contribution >= 0.6 is 31.9 Å². The van der Waals surface area contributed by atoms with Gasteiger partial charge in [0.2, 0.25) is 0 Å². The summed E-state index contributed by atoms with van der Waals surface area (Å²) in [5.74, 6) is -0.702. The van der Waals surface area contributed by atoms with Crippen molar-refractivity contribution < 1.29 is 9.18 Å². The number of halogens is 3. The Balaban J connectivity index is 3.33. The summed E-state index contributed by atoms with van der Waals surface area (Å²) in [6.07, 6.45) is 0.298. The number of ketones is 1. The molecule has 70 valence electrons. The Morgan fingerprint density at radius 1 is 1.38 bits per heavy atom. The highest BCUT2D eigenvalue weighted by molar-refractivity contribution is 9.11. The molecule has 0 aliphatic carbocycles. The maximum absolute atomic E-state index is 13.4. The lowest BCUT2D eigenvalue weighted by Gasteiger charge is -2.04. The molecule has 0 heterocycles. The molecule has 0 amide bonds. The second kappa shape index (κ2) is 4.33. The van der Waals surface area contributed by atoms with E-state index in [1.807, 2.05) is 0 Å². The molecule has 0 bridgehead atoms. The van der Waals surface area contributed by atoms with E-state index in [4.69, 9.17) is 0 Å². The minimum atomic E-state index is -0.499. The topological polar surface area (TPSA) is 17.1 Å². The zero-order valence-electron chi connectivity index (χ0n) is 6.90. The van der Waals surface area contributed by atoms with E-state index >= 15 is 0 Å². The lowest BCUT2D eigenvalue weighted by atomic mass is 10.1. The Hall–Kier alpha value is -0.220. The second-order valence-electron chi connectivity index (χ2n) is 2.49. The maximum Gasteiger partial charge on any atom is 0.166 e. The van der Waals surface area contributed by atoms with Gasteiger partial charge in [-0.2, -0.15) is 0 Å². The summed E-state index contributed by atoms with van der Waals surface area (Å²) in [7, 11) is 0. The van der Waals surface area contributed by atoms with Crippen molar-refractivity contribution >= 4 is 37.6 Å². The van der Waals surface area contributed by atoms with Crippen LogP contribution in [0.5, 0.6) is 0 Å². The maximum atomic E-state index is 13.4. The van der Waals surface area contributed by atoms with Crippen molar-refractivity contribution in [2.45, 2.75) is 13.3 Å². The molecular formula is C9H7Br2FO. The van der Waals surface area contributed by atoms with Gasteiger partial charge in [-0.15, -0.1) is 0 Å². The summed E-state index contributed by atoms with van der Waals surface area (Å²) in [6.45, 7) is 1.70. The minimum Gasteiger partial charge on any atom is -0.294 e. The van der Waals surface area contributed by atoms with E-state index in [0.29, 0.717) is 15.4 Å². The van der Waals surface area contributed by atoms with Crippen molar-refractivity contribution in [2.75, 3.05) is 0 Å². The van der Waals surface area contributed by atoms with Crippen LogP contribution in [0.25, 0.3) is 0 Å². The zero-order valence-corrected chi connectivity index (χ0v) is 10.1. The number of hydrogen-bond acceptors (Lipinski definition) is 1. The first kappa shape index (κ1) is 10.9. The van der Waals surface area contributed by atoms with E-state index in [-0.39, 0.29) is 11.3 Å². The number of rotatable bonds is 2. The normalized spacial score (nSPS) is 10.2. The quantitative estimate of drug-likeness (QED) is 0.597. The van der Waals surface area contributed by atoms with Gasteiger partial charge in [-0.05, 0) is 44.0 Å². The standard InChI is InChI=1S/C9H7Br2FO/c1-2-7(13)8-5(10)3-4-6(11)9(8)12/h3-4H,2H2,1H3. The third-order valence-corrected chi connectivity index (χ3v) is 2.92. The van der Waals surface area contributed by atoms with Gasteiger partial charge in [0.05, 0.1) is 10.0 Å². The fourth-order valence-corrected chi connectivity index (χ4v) is 1.82. The number of carbonyl (C=O) groups excluding carboxylic acids is 1. The second-order valence-corrected chi connectivity index (χ2v) is 4.20. The Morgan fingerprint density at radius 3 is 2.46 bits per heavy atom. The highest BCUT2D eigenvalue weighted by atomic mass is 79.9. The molecule has 13 heavy (non-hydrogen) atoms. The lowest BCUT2D eigenvalue weighted by molar-refractivity contribution is 0.0983. The molecule has 0 saturated carbocycles. The van der Waals surface area contributed by atoms with Gasteiger partial charge >= 0.3 is 0 Å². The largest absolute Gasteiger partial charge is 0.294 e. The molecule has 0 unspecified atom stereocenters. The molecule has 0 aromatic heterocycles. The van der Waals surface area contributed by atoms with E-state index in [1.165, 1.54) is 0 Å². The van der Waals surface area contributed by atoms with Gasteiger partial charge < -0.3 is 0 Å². The van der Waals surface area contributed by atoms with E-state index in [0.717, 1.165) is 0 Å².